The van der Waals surface area contributed by atoms with Crippen molar-refractivity contribution in [2.75, 3.05) is 23.8 Å². The van der Waals surface area contributed by atoms with Gasteiger partial charge in [0, 0.05) is 43.5 Å². The van der Waals surface area contributed by atoms with Crippen molar-refractivity contribution in [3.05, 3.63) is 24.0 Å². The van der Waals surface area contributed by atoms with Gasteiger partial charge >= 0.3 is 0 Å². The van der Waals surface area contributed by atoms with Gasteiger partial charge in [0.2, 0.25) is 5.91 Å². The summed E-state index contributed by atoms with van der Waals surface area (Å²) >= 11 is 0. The van der Waals surface area contributed by atoms with E-state index in [0.717, 1.165) is 48.0 Å². The van der Waals surface area contributed by atoms with Gasteiger partial charge in [-0.1, -0.05) is 0 Å². The van der Waals surface area contributed by atoms with Crippen LogP contribution < -0.4 is 10.2 Å². The lowest BCUT2D eigenvalue weighted by Gasteiger charge is -2.21. The summed E-state index contributed by atoms with van der Waals surface area (Å²) < 4.78 is 1.98. The van der Waals surface area contributed by atoms with Crippen molar-refractivity contribution in [2.24, 2.45) is 13.0 Å². The molecule has 2 aromatic rings. The molecule has 0 atom stereocenters. The third kappa shape index (κ3) is 3.06. The minimum atomic E-state index is 0.123. The summed E-state index contributed by atoms with van der Waals surface area (Å²) in [5.74, 6) is 2.02. The summed E-state index contributed by atoms with van der Waals surface area (Å²) in [4.78, 5) is 14.1. The van der Waals surface area contributed by atoms with Gasteiger partial charge in [-0.05, 0) is 44.9 Å². The molecule has 122 valence electrons. The minimum absolute atomic E-state index is 0.123. The minimum Gasteiger partial charge on any atom is -0.374 e. The molecule has 0 radical (unpaired) electrons. The topological polar surface area (TPSA) is 63.1 Å². The highest BCUT2D eigenvalue weighted by Crippen LogP contribution is 2.34. The van der Waals surface area contributed by atoms with Crippen LogP contribution in [0.4, 0.5) is 11.4 Å². The summed E-state index contributed by atoms with van der Waals surface area (Å²) in [7, 11) is 4.00. The van der Waals surface area contributed by atoms with Gasteiger partial charge in [0.1, 0.15) is 5.82 Å². The normalized spacial score (nSPS) is 13.9. The Labute approximate surface area is 136 Å². The van der Waals surface area contributed by atoms with Gasteiger partial charge in [0.05, 0.1) is 0 Å². The lowest BCUT2D eigenvalue weighted by molar-refractivity contribution is -0.117. The fraction of sp³-hybridized carbons (Fsp3) is 0.471. The Bertz CT molecular complexity index is 733. The van der Waals surface area contributed by atoms with Crippen molar-refractivity contribution in [1.82, 2.24) is 14.8 Å². The quantitative estimate of drug-likeness (QED) is 0.921. The van der Waals surface area contributed by atoms with Crippen molar-refractivity contribution in [1.29, 1.82) is 0 Å². The fourth-order valence-corrected chi connectivity index (χ4v) is 2.52. The molecule has 1 heterocycles. The molecule has 0 spiro atoms. The maximum atomic E-state index is 12.0. The number of hydrogen-bond donors (Lipinski definition) is 1. The second-order valence-corrected chi connectivity index (χ2v) is 6.14. The van der Waals surface area contributed by atoms with Crippen LogP contribution in [0.1, 0.15) is 25.6 Å². The second kappa shape index (κ2) is 6.02. The number of amides is 1. The van der Waals surface area contributed by atoms with Gasteiger partial charge in [0.25, 0.3) is 0 Å². The van der Waals surface area contributed by atoms with E-state index in [-0.39, 0.29) is 11.8 Å². The van der Waals surface area contributed by atoms with Gasteiger partial charge < -0.3 is 14.8 Å². The summed E-state index contributed by atoms with van der Waals surface area (Å²) in [5, 5.41) is 11.4. The molecule has 1 N–H and O–H groups in total. The third-order valence-corrected chi connectivity index (χ3v) is 4.43. The number of rotatable bonds is 5. The van der Waals surface area contributed by atoms with E-state index in [0.29, 0.717) is 0 Å². The number of aryl methyl sites for hydroxylation is 1. The Balaban J connectivity index is 1.98. The molecule has 1 aliphatic rings. The average Bonchev–Trinajstić information content (AvgIpc) is 3.35. The highest BCUT2D eigenvalue weighted by molar-refractivity contribution is 5.95. The molecule has 1 aromatic carbocycles. The van der Waals surface area contributed by atoms with E-state index in [9.17, 15) is 4.79 Å². The third-order valence-electron chi connectivity index (χ3n) is 4.43. The molecule has 6 nitrogen and oxygen atoms in total. The second-order valence-electron chi connectivity index (χ2n) is 6.14. The van der Waals surface area contributed by atoms with Crippen LogP contribution in [0, 0.1) is 12.8 Å². The average molecular weight is 313 g/mol. The van der Waals surface area contributed by atoms with Crippen LogP contribution in [0.25, 0.3) is 11.4 Å². The Morgan fingerprint density at radius 2 is 2.13 bits per heavy atom. The highest BCUT2D eigenvalue weighted by Gasteiger charge is 2.29. The Morgan fingerprint density at radius 1 is 1.39 bits per heavy atom. The SMILES string of the molecule is CCN(C)c1cc(NC(=O)C2CC2)ccc1-c1nnc(C)n1C. The van der Waals surface area contributed by atoms with Crippen molar-refractivity contribution in [2.45, 2.75) is 26.7 Å². The zero-order chi connectivity index (χ0) is 16.6. The largest absolute Gasteiger partial charge is 0.374 e. The molecule has 1 amide bonds. The molecule has 1 fully saturated rings. The van der Waals surface area contributed by atoms with Gasteiger partial charge in [-0.25, -0.2) is 0 Å². The standard InChI is InChI=1S/C17H23N5O/c1-5-21(3)15-10-13(18-17(23)12-6-7-12)8-9-14(15)16-20-19-11(2)22(16)4/h8-10,12H,5-7H2,1-4H3,(H,18,23). The van der Waals surface area contributed by atoms with Gasteiger partial charge in [0.15, 0.2) is 5.82 Å². The first-order valence-electron chi connectivity index (χ1n) is 8.03. The van der Waals surface area contributed by atoms with Crippen LogP contribution in [0.5, 0.6) is 0 Å². The summed E-state index contributed by atoms with van der Waals surface area (Å²) in [6.45, 7) is 4.90. The van der Waals surface area contributed by atoms with E-state index < -0.39 is 0 Å². The first-order valence-corrected chi connectivity index (χ1v) is 8.03. The highest BCUT2D eigenvalue weighted by atomic mass is 16.2. The van der Waals surface area contributed by atoms with E-state index >= 15 is 0 Å². The molecule has 0 unspecified atom stereocenters. The molecule has 1 saturated carbocycles. The predicted molar refractivity (Wildman–Crippen MR) is 91.5 cm³/mol. The van der Waals surface area contributed by atoms with Crippen molar-refractivity contribution in [3.8, 4) is 11.4 Å². The van der Waals surface area contributed by atoms with Crippen molar-refractivity contribution in [3.63, 3.8) is 0 Å². The van der Waals surface area contributed by atoms with Crippen LogP contribution in [-0.4, -0.2) is 34.3 Å². The van der Waals surface area contributed by atoms with Crippen molar-refractivity contribution < 1.29 is 4.79 Å². The molecule has 1 aliphatic carbocycles. The Kier molecular flexibility index (Phi) is 4.07. The fourth-order valence-electron chi connectivity index (χ4n) is 2.52. The molecule has 0 aliphatic heterocycles. The molecule has 3 rings (SSSR count). The van der Waals surface area contributed by atoms with Crippen molar-refractivity contribution >= 4 is 17.3 Å². The van der Waals surface area contributed by atoms with Crippen LogP contribution in [-0.2, 0) is 11.8 Å². The number of nitrogens with one attached hydrogen (secondary N) is 1. The molecule has 6 heteroatoms. The summed E-state index contributed by atoms with van der Waals surface area (Å²) in [6.07, 6.45) is 2.01. The van der Waals surface area contributed by atoms with Crippen LogP contribution in [0.3, 0.4) is 0 Å². The maximum Gasteiger partial charge on any atom is 0.227 e. The summed E-state index contributed by atoms with van der Waals surface area (Å²) in [6, 6.07) is 5.96. The molecule has 23 heavy (non-hydrogen) atoms. The van der Waals surface area contributed by atoms with Crippen LogP contribution >= 0.6 is 0 Å². The zero-order valence-corrected chi connectivity index (χ0v) is 14.1. The first kappa shape index (κ1) is 15.5. The Hall–Kier alpha value is -2.37. The van der Waals surface area contributed by atoms with Crippen LogP contribution in [0.15, 0.2) is 18.2 Å². The number of anilines is 2. The number of nitrogens with zero attached hydrogens (tertiary/aromatic N) is 4. The van der Waals surface area contributed by atoms with E-state index in [1.54, 1.807) is 0 Å². The predicted octanol–water partition coefficient (Wildman–Crippen LogP) is 2.60. The van der Waals surface area contributed by atoms with E-state index in [2.05, 4.69) is 27.3 Å². The lowest BCUT2D eigenvalue weighted by Crippen LogP contribution is -2.18. The van der Waals surface area contributed by atoms with Gasteiger partial charge in [-0.3, -0.25) is 4.79 Å². The zero-order valence-electron chi connectivity index (χ0n) is 14.1. The van der Waals surface area contributed by atoms with E-state index in [1.165, 1.54) is 0 Å². The lowest BCUT2D eigenvalue weighted by atomic mass is 10.1. The Morgan fingerprint density at radius 3 is 2.70 bits per heavy atom. The molecule has 0 saturated heterocycles. The maximum absolute atomic E-state index is 12.0. The van der Waals surface area contributed by atoms with Crippen LogP contribution in [0.2, 0.25) is 0 Å². The van der Waals surface area contributed by atoms with Gasteiger partial charge in [-0.15, -0.1) is 10.2 Å². The molecular weight excluding hydrogens is 290 g/mol. The number of benzene rings is 1. The molecule has 1 aromatic heterocycles. The number of carbonyl (C=O) groups excluding carboxylic acids is 1. The number of carbonyl (C=O) groups is 1. The monoisotopic (exact) mass is 313 g/mol. The van der Waals surface area contributed by atoms with E-state index in [4.69, 9.17) is 0 Å². The molecule has 0 bridgehead atoms. The number of aromatic nitrogens is 3. The summed E-state index contributed by atoms with van der Waals surface area (Å²) in [5.41, 5.74) is 2.89. The molecular formula is C17H23N5O. The van der Waals surface area contributed by atoms with E-state index in [1.807, 2.05) is 43.8 Å². The smallest absolute Gasteiger partial charge is 0.227 e. The number of hydrogen-bond acceptors (Lipinski definition) is 4. The first-order chi connectivity index (χ1) is 11.0. The van der Waals surface area contributed by atoms with Gasteiger partial charge in [-0.2, -0.15) is 0 Å².